The van der Waals surface area contributed by atoms with Gasteiger partial charge in [0.1, 0.15) is 5.82 Å². The summed E-state index contributed by atoms with van der Waals surface area (Å²) in [6.45, 7) is 0. The molecule has 1 aromatic heterocycles. The fourth-order valence-electron chi connectivity index (χ4n) is 1.01. The minimum Gasteiger partial charge on any atom is -0.216 e. The van der Waals surface area contributed by atoms with E-state index in [4.69, 9.17) is 4.42 Å². The molecule has 0 N–H and O–H groups in total. The normalized spacial score (nSPS) is 10.3. The summed E-state index contributed by atoms with van der Waals surface area (Å²) in [5.41, 5.74) is 0.703. The van der Waals surface area contributed by atoms with E-state index in [1.807, 2.05) is 6.07 Å². The zero-order valence-electron chi connectivity index (χ0n) is 5.75. The van der Waals surface area contributed by atoms with E-state index in [1.54, 1.807) is 18.4 Å². The van der Waals surface area contributed by atoms with E-state index in [9.17, 15) is 4.39 Å². The van der Waals surface area contributed by atoms with Gasteiger partial charge in [-0.25, -0.2) is 8.81 Å². The predicted molar refractivity (Wildman–Crippen MR) is 40.6 cm³/mol. The van der Waals surface area contributed by atoms with Crippen LogP contribution < -0.4 is 0 Å². The van der Waals surface area contributed by atoms with Crippen LogP contribution in [0.5, 0.6) is 0 Å². The minimum atomic E-state index is -0.237. The molecule has 0 aliphatic rings. The van der Waals surface area contributed by atoms with E-state index < -0.39 is 0 Å². The van der Waals surface area contributed by atoms with Crippen molar-refractivity contribution in [2.24, 2.45) is 0 Å². The van der Waals surface area contributed by atoms with Crippen molar-refractivity contribution >= 4 is 11.0 Å². The lowest BCUT2D eigenvalue weighted by Crippen LogP contribution is -1.73. The van der Waals surface area contributed by atoms with Crippen LogP contribution in [0.4, 0.5) is 4.39 Å². The van der Waals surface area contributed by atoms with Crippen LogP contribution in [0.15, 0.2) is 41.0 Å². The molecule has 54 valence electrons. The Hall–Kier alpha value is -1.44. The lowest BCUT2D eigenvalue weighted by atomic mass is 10.2. The van der Waals surface area contributed by atoms with Crippen LogP contribution in [0.2, 0.25) is 0 Å². The van der Waals surface area contributed by atoms with E-state index in [0.717, 1.165) is 5.39 Å². The number of benzene rings is 1. The Morgan fingerprint density at radius 3 is 3.00 bits per heavy atom. The molecule has 2 rings (SSSR count). The third-order valence-corrected chi connectivity index (χ3v) is 1.52. The Morgan fingerprint density at radius 2 is 2.09 bits per heavy atom. The van der Waals surface area contributed by atoms with Crippen molar-refractivity contribution in [2.45, 2.75) is 0 Å². The predicted octanol–water partition coefficient (Wildman–Crippen LogP) is 2.85. The van der Waals surface area contributed by atoms with Gasteiger partial charge in [-0.2, -0.15) is 0 Å². The van der Waals surface area contributed by atoms with E-state index in [2.05, 4.69) is 0 Å². The summed E-state index contributed by atoms with van der Waals surface area (Å²) < 4.78 is 17.7. The molecule has 0 atom stereocenters. The molecule has 0 spiro atoms. The Balaban J connectivity index is 2.83. The van der Waals surface area contributed by atoms with E-state index >= 15 is 0 Å². The van der Waals surface area contributed by atoms with Crippen LogP contribution in [0.3, 0.4) is 0 Å². The van der Waals surface area contributed by atoms with Crippen molar-refractivity contribution in [1.29, 1.82) is 0 Å². The van der Waals surface area contributed by atoms with E-state index in [0.29, 0.717) is 5.58 Å². The number of fused-ring (bicyclic) bond motifs is 1. The van der Waals surface area contributed by atoms with Gasteiger partial charge in [0.25, 0.3) is 0 Å². The quantitative estimate of drug-likeness (QED) is 0.524. The van der Waals surface area contributed by atoms with Gasteiger partial charge in [0, 0.05) is 12.1 Å². The van der Waals surface area contributed by atoms with Crippen LogP contribution in [0.1, 0.15) is 0 Å². The summed E-state index contributed by atoms with van der Waals surface area (Å²) in [5, 5.41) is 0.785. The second-order valence-electron chi connectivity index (χ2n) is 2.30. The highest BCUT2D eigenvalue weighted by molar-refractivity contribution is 5.75. The Bertz CT molecular complexity index is 384. The SMILES string of the molecule is Fc1ccc2[o+]cccc2c1. The minimum absolute atomic E-state index is 0.237. The average Bonchev–Trinajstić information content (AvgIpc) is 2.04. The molecule has 0 aliphatic heterocycles. The first-order chi connectivity index (χ1) is 5.36. The topological polar surface area (TPSA) is 11.3 Å². The van der Waals surface area contributed by atoms with Crippen molar-refractivity contribution in [1.82, 2.24) is 0 Å². The number of hydrogen-bond donors (Lipinski definition) is 0. The lowest BCUT2D eigenvalue weighted by Gasteiger charge is -1.85. The molecule has 2 aromatic rings. The average molecular weight is 149 g/mol. The molecule has 1 nitrogen and oxygen atoms in total. The molecule has 1 aromatic carbocycles. The largest absolute Gasteiger partial charge is 0.359 e. The highest BCUT2D eigenvalue weighted by Gasteiger charge is 2.03. The summed E-state index contributed by atoms with van der Waals surface area (Å²) in [7, 11) is 0. The summed E-state index contributed by atoms with van der Waals surface area (Å²) in [4.78, 5) is 0. The second-order valence-corrected chi connectivity index (χ2v) is 2.30. The summed E-state index contributed by atoms with van der Waals surface area (Å²) >= 11 is 0. The van der Waals surface area contributed by atoms with E-state index in [-0.39, 0.29) is 5.82 Å². The van der Waals surface area contributed by atoms with Gasteiger partial charge < -0.3 is 0 Å². The third kappa shape index (κ3) is 1.07. The van der Waals surface area contributed by atoms with Gasteiger partial charge in [-0.3, -0.25) is 0 Å². The van der Waals surface area contributed by atoms with Crippen LogP contribution in [0.25, 0.3) is 11.0 Å². The first-order valence-electron chi connectivity index (χ1n) is 3.32. The molecule has 0 unspecified atom stereocenters. The van der Waals surface area contributed by atoms with Gasteiger partial charge in [0.05, 0.1) is 5.39 Å². The first-order valence-corrected chi connectivity index (χ1v) is 3.32. The van der Waals surface area contributed by atoms with Crippen LogP contribution in [-0.4, -0.2) is 0 Å². The maximum atomic E-state index is 12.6. The van der Waals surface area contributed by atoms with Gasteiger partial charge in [-0.15, -0.1) is 0 Å². The highest BCUT2D eigenvalue weighted by Crippen LogP contribution is 2.13. The van der Waals surface area contributed by atoms with Gasteiger partial charge in [-0.1, -0.05) is 0 Å². The molecule has 0 fully saturated rings. The fourth-order valence-corrected chi connectivity index (χ4v) is 1.01. The van der Waals surface area contributed by atoms with Gasteiger partial charge in [0.15, 0.2) is 0 Å². The molecular formula is C9H6FO+. The molecule has 0 saturated carbocycles. The molecule has 0 amide bonds. The Kier molecular flexibility index (Phi) is 1.32. The second kappa shape index (κ2) is 2.31. The fraction of sp³-hybridized carbons (Fsp3) is 0. The molecular weight excluding hydrogens is 143 g/mol. The first kappa shape index (κ1) is 6.28. The van der Waals surface area contributed by atoms with Crippen molar-refractivity contribution < 1.29 is 8.81 Å². The van der Waals surface area contributed by atoms with Crippen molar-refractivity contribution in [3.05, 3.63) is 42.4 Å². The molecule has 0 radical (unpaired) electrons. The summed E-state index contributed by atoms with van der Waals surface area (Å²) in [6, 6.07) is 7.99. The van der Waals surface area contributed by atoms with Crippen molar-refractivity contribution in [3.63, 3.8) is 0 Å². The molecule has 2 heteroatoms. The third-order valence-electron chi connectivity index (χ3n) is 1.52. The molecule has 0 aliphatic carbocycles. The molecule has 0 saturated heterocycles. The lowest BCUT2D eigenvalue weighted by molar-refractivity contribution is 0.597. The maximum absolute atomic E-state index is 12.6. The molecule has 11 heavy (non-hydrogen) atoms. The number of hydrogen-bond acceptors (Lipinski definition) is 0. The maximum Gasteiger partial charge on any atom is 0.359 e. The molecule has 0 bridgehead atoms. The summed E-state index contributed by atoms with van der Waals surface area (Å²) in [5.74, 6) is -0.237. The van der Waals surface area contributed by atoms with Crippen molar-refractivity contribution in [3.8, 4) is 0 Å². The Labute approximate surface area is 63.1 Å². The van der Waals surface area contributed by atoms with Gasteiger partial charge in [-0.05, 0) is 18.2 Å². The van der Waals surface area contributed by atoms with Crippen LogP contribution >= 0.6 is 0 Å². The van der Waals surface area contributed by atoms with Crippen molar-refractivity contribution in [2.75, 3.05) is 0 Å². The highest BCUT2D eigenvalue weighted by atomic mass is 19.1. The monoisotopic (exact) mass is 149 g/mol. The van der Waals surface area contributed by atoms with E-state index in [1.165, 1.54) is 12.1 Å². The molecule has 1 heterocycles. The number of rotatable bonds is 0. The Morgan fingerprint density at radius 1 is 1.18 bits per heavy atom. The van der Waals surface area contributed by atoms with Crippen LogP contribution in [-0.2, 0) is 0 Å². The number of halogens is 1. The van der Waals surface area contributed by atoms with Gasteiger partial charge >= 0.3 is 11.8 Å². The summed E-state index contributed by atoms with van der Waals surface area (Å²) in [6.07, 6.45) is 1.57. The smallest absolute Gasteiger partial charge is 0.216 e. The van der Waals surface area contributed by atoms with Crippen LogP contribution in [0, 0.1) is 5.82 Å². The standard InChI is InChI=1S/C9H6FO/c10-8-3-4-9-7(6-8)2-1-5-11-9/h1-6H/q+1. The van der Waals surface area contributed by atoms with Gasteiger partial charge in [0.2, 0.25) is 0 Å². The zero-order valence-corrected chi connectivity index (χ0v) is 5.75. The zero-order chi connectivity index (χ0) is 7.68.